The minimum Gasteiger partial charge on any atom is -0.205 e. The molecule has 0 saturated carbocycles. The fraction of sp³-hybridized carbons (Fsp3) is 0.389. The lowest BCUT2D eigenvalue weighted by atomic mass is 10.0. The zero-order valence-electron chi connectivity index (χ0n) is 23.0. The number of aryl methyl sites for hydroxylation is 2. The van der Waals surface area contributed by atoms with Crippen LogP contribution >= 0.6 is 0 Å². The first kappa shape index (κ1) is 29.2. The van der Waals surface area contributed by atoms with Gasteiger partial charge in [0.2, 0.25) is 0 Å². The van der Waals surface area contributed by atoms with Crippen molar-refractivity contribution in [1.29, 1.82) is 0 Å². The molecule has 198 valence electrons. The Balaban J connectivity index is 1.56. The first-order valence-corrected chi connectivity index (χ1v) is 14.3. The highest BCUT2D eigenvalue weighted by Crippen LogP contribution is 2.16. The summed E-state index contributed by atoms with van der Waals surface area (Å²) in [6.45, 7) is 4.43. The van der Waals surface area contributed by atoms with Gasteiger partial charge in [0, 0.05) is 16.7 Å². The lowest BCUT2D eigenvalue weighted by Crippen LogP contribution is -1.93. The first-order chi connectivity index (χ1) is 18.6. The number of rotatable bonds is 12. The SMILES string of the molecule is CCCCCCCCCc1ccc(C#Cc2c(F)cc(C#Cc3ccc(CCCCC)cc3)cc2F)cc1. The third-order valence-electron chi connectivity index (χ3n) is 6.77. The van der Waals surface area contributed by atoms with Crippen molar-refractivity contribution in [1.82, 2.24) is 0 Å². The van der Waals surface area contributed by atoms with Gasteiger partial charge >= 0.3 is 0 Å². The van der Waals surface area contributed by atoms with E-state index in [1.807, 2.05) is 24.3 Å². The standard InChI is InChI=1S/C36H40F2/c1-3-5-7-8-9-10-12-14-30-17-21-32(22-18-30)25-26-34-35(37)27-33(28-36(34)38)24-23-31-19-15-29(16-20-31)13-11-6-4-2/h15-22,27-28H,3-14H2,1-2H3. The van der Waals surface area contributed by atoms with Gasteiger partial charge in [-0.3, -0.25) is 0 Å². The van der Waals surface area contributed by atoms with Crippen LogP contribution in [0.4, 0.5) is 8.78 Å². The van der Waals surface area contributed by atoms with Crippen LogP contribution in [0, 0.1) is 35.3 Å². The van der Waals surface area contributed by atoms with E-state index in [0.717, 1.165) is 24.0 Å². The van der Waals surface area contributed by atoms with Crippen LogP contribution < -0.4 is 0 Å². The Labute approximate surface area is 228 Å². The Hall–Kier alpha value is -3.36. The van der Waals surface area contributed by atoms with E-state index in [1.54, 1.807) is 0 Å². The molecule has 0 heterocycles. The van der Waals surface area contributed by atoms with Gasteiger partial charge in [0.1, 0.15) is 11.6 Å². The Morgan fingerprint density at radius 1 is 0.474 bits per heavy atom. The summed E-state index contributed by atoms with van der Waals surface area (Å²) in [4.78, 5) is 0. The van der Waals surface area contributed by atoms with Crippen LogP contribution in [0.3, 0.4) is 0 Å². The number of unbranched alkanes of at least 4 members (excludes halogenated alkanes) is 8. The molecule has 0 saturated heterocycles. The van der Waals surface area contributed by atoms with Gasteiger partial charge in [-0.15, -0.1) is 0 Å². The second-order valence-electron chi connectivity index (χ2n) is 10.0. The zero-order chi connectivity index (χ0) is 27.0. The minimum absolute atomic E-state index is 0.223. The van der Waals surface area contributed by atoms with E-state index >= 15 is 0 Å². The Morgan fingerprint density at radius 2 is 0.868 bits per heavy atom. The van der Waals surface area contributed by atoms with Crippen molar-refractivity contribution in [2.75, 3.05) is 0 Å². The maximum absolute atomic E-state index is 14.7. The first-order valence-electron chi connectivity index (χ1n) is 14.3. The molecule has 0 bridgehead atoms. The van der Waals surface area contributed by atoms with Gasteiger partial charge in [-0.05, 0) is 73.2 Å². The summed E-state index contributed by atoms with van der Waals surface area (Å²) in [7, 11) is 0. The van der Waals surface area contributed by atoms with E-state index < -0.39 is 11.6 Å². The summed E-state index contributed by atoms with van der Waals surface area (Å²) in [6, 6.07) is 18.5. The predicted octanol–water partition coefficient (Wildman–Crippen LogP) is 9.79. The van der Waals surface area contributed by atoms with E-state index in [1.165, 1.54) is 87.5 Å². The van der Waals surface area contributed by atoms with Crippen LogP contribution in [-0.4, -0.2) is 0 Å². The van der Waals surface area contributed by atoms with Gasteiger partial charge in [-0.25, -0.2) is 8.78 Å². The van der Waals surface area contributed by atoms with Crippen LogP contribution in [0.25, 0.3) is 0 Å². The molecule has 0 unspecified atom stereocenters. The summed E-state index contributed by atoms with van der Waals surface area (Å²) in [5, 5.41) is 0. The molecule has 3 aromatic rings. The maximum Gasteiger partial charge on any atom is 0.143 e. The fourth-order valence-electron chi connectivity index (χ4n) is 4.42. The molecule has 0 radical (unpaired) electrons. The molecular formula is C36H40F2. The van der Waals surface area contributed by atoms with Gasteiger partial charge in [0.05, 0.1) is 5.56 Å². The number of halogens is 2. The highest BCUT2D eigenvalue weighted by atomic mass is 19.1. The van der Waals surface area contributed by atoms with Crippen LogP contribution in [0.5, 0.6) is 0 Å². The third kappa shape index (κ3) is 10.2. The van der Waals surface area contributed by atoms with Crippen LogP contribution in [0.1, 0.15) is 111 Å². The summed E-state index contributed by atoms with van der Waals surface area (Å²) in [5.74, 6) is 10.1. The van der Waals surface area contributed by atoms with Crippen LogP contribution in [-0.2, 0) is 12.8 Å². The largest absolute Gasteiger partial charge is 0.205 e. The molecule has 3 rings (SSSR count). The van der Waals surface area contributed by atoms with E-state index in [-0.39, 0.29) is 5.56 Å². The highest BCUT2D eigenvalue weighted by Gasteiger charge is 2.08. The number of benzene rings is 3. The average molecular weight is 511 g/mol. The molecule has 0 N–H and O–H groups in total. The molecule has 2 heteroatoms. The lowest BCUT2D eigenvalue weighted by Gasteiger charge is -2.03. The predicted molar refractivity (Wildman–Crippen MR) is 156 cm³/mol. The van der Waals surface area contributed by atoms with E-state index in [2.05, 4.69) is 61.8 Å². The molecule has 0 fully saturated rings. The second-order valence-corrected chi connectivity index (χ2v) is 10.0. The quantitative estimate of drug-likeness (QED) is 0.168. The van der Waals surface area contributed by atoms with E-state index in [9.17, 15) is 8.78 Å². The molecule has 0 aliphatic carbocycles. The van der Waals surface area contributed by atoms with E-state index in [0.29, 0.717) is 5.56 Å². The van der Waals surface area contributed by atoms with Gasteiger partial charge < -0.3 is 0 Å². The summed E-state index contributed by atoms with van der Waals surface area (Å²) in [5.41, 5.74) is 4.20. The van der Waals surface area contributed by atoms with Crippen LogP contribution in [0.15, 0.2) is 60.7 Å². The van der Waals surface area contributed by atoms with Gasteiger partial charge in [-0.2, -0.15) is 0 Å². The Bertz CT molecular complexity index is 1220. The molecular weight excluding hydrogens is 470 g/mol. The highest BCUT2D eigenvalue weighted by molar-refractivity contribution is 5.49. The van der Waals surface area contributed by atoms with Gasteiger partial charge in [0.25, 0.3) is 0 Å². The Kier molecular flexibility index (Phi) is 12.7. The van der Waals surface area contributed by atoms with Gasteiger partial charge in [0.15, 0.2) is 0 Å². The summed E-state index contributed by atoms with van der Waals surface area (Å²) in [6.07, 6.45) is 14.8. The molecule has 0 aliphatic rings. The van der Waals surface area contributed by atoms with Crippen molar-refractivity contribution in [3.8, 4) is 23.7 Å². The third-order valence-corrected chi connectivity index (χ3v) is 6.77. The summed E-state index contributed by atoms with van der Waals surface area (Å²) < 4.78 is 29.3. The molecule has 38 heavy (non-hydrogen) atoms. The topological polar surface area (TPSA) is 0 Å². The second kappa shape index (κ2) is 16.5. The van der Waals surface area contributed by atoms with Crippen molar-refractivity contribution in [3.63, 3.8) is 0 Å². The van der Waals surface area contributed by atoms with Gasteiger partial charge in [-0.1, -0.05) is 113 Å². The fourth-order valence-corrected chi connectivity index (χ4v) is 4.42. The van der Waals surface area contributed by atoms with Crippen molar-refractivity contribution < 1.29 is 8.78 Å². The smallest absolute Gasteiger partial charge is 0.143 e. The zero-order valence-corrected chi connectivity index (χ0v) is 23.0. The molecule has 0 atom stereocenters. The number of hydrogen-bond donors (Lipinski definition) is 0. The molecule has 0 aliphatic heterocycles. The minimum atomic E-state index is -0.691. The van der Waals surface area contributed by atoms with Crippen molar-refractivity contribution in [3.05, 3.63) is 106 Å². The number of hydrogen-bond acceptors (Lipinski definition) is 0. The Morgan fingerprint density at radius 3 is 1.39 bits per heavy atom. The van der Waals surface area contributed by atoms with Crippen molar-refractivity contribution in [2.24, 2.45) is 0 Å². The average Bonchev–Trinajstić information content (AvgIpc) is 2.92. The van der Waals surface area contributed by atoms with E-state index in [4.69, 9.17) is 0 Å². The normalized spacial score (nSPS) is 10.4. The lowest BCUT2D eigenvalue weighted by molar-refractivity contribution is 0.577. The van der Waals surface area contributed by atoms with Crippen molar-refractivity contribution >= 4 is 0 Å². The van der Waals surface area contributed by atoms with Crippen molar-refractivity contribution in [2.45, 2.75) is 90.9 Å². The molecule has 0 aromatic heterocycles. The molecule has 3 aromatic carbocycles. The molecule has 0 amide bonds. The molecule has 0 nitrogen and oxygen atoms in total. The van der Waals surface area contributed by atoms with Crippen LogP contribution in [0.2, 0.25) is 0 Å². The summed E-state index contributed by atoms with van der Waals surface area (Å²) >= 11 is 0. The monoisotopic (exact) mass is 510 g/mol. The molecule has 0 spiro atoms. The maximum atomic E-state index is 14.7.